The summed E-state index contributed by atoms with van der Waals surface area (Å²) in [5.41, 5.74) is 6.93. The van der Waals surface area contributed by atoms with E-state index in [0.29, 0.717) is 5.92 Å². The molecule has 3 N–H and O–H groups in total. The van der Waals surface area contributed by atoms with Crippen LogP contribution in [0, 0.1) is 5.92 Å². The minimum Gasteiger partial charge on any atom is -0.275 e. The predicted octanol–water partition coefficient (Wildman–Crippen LogP) is 1.73. The molecule has 1 heterocycles. The van der Waals surface area contributed by atoms with Crippen LogP contribution in [0.1, 0.15) is 29.3 Å². The van der Waals surface area contributed by atoms with Crippen LogP contribution >= 0.6 is 0 Å². The van der Waals surface area contributed by atoms with Crippen molar-refractivity contribution in [3.8, 4) is 0 Å². The first-order valence-electron chi connectivity index (χ1n) is 6.80. The van der Waals surface area contributed by atoms with E-state index in [2.05, 4.69) is 34.8 Å². The predicted molar refractivity (Wildman–Crippen MR) is 75.2 cm³/mol. The molecule has 1 aliphatic carbocycles. The van der Waals surface area contributed by atoms with Gasteiger partial charge in [-0.05, 0) is 42.4 Å². The van der Waals surface area contributed by atoms with E-state index < -0.39 is 0 Å². The van der Waals surface area contributed by atoms with E-state index in [1.165, 1.54) is 11.1 Å². The SMILES string of the molecule is Cn1ccc(C(NN)C2CCc3ccccc3C2)n1. The Balaban J connectivity index is 1.83. The first-order valence-corrected chi connectivity index (χ1v) is 6.80. The number of hydrogen-bond acceptors (Lipinski definition) is 3. The molecule has 0 radical (unpaired) electrons. The minimum absolute atomic E-state index is 0.134. The van der Waals surface area contributed by atoms with Gasteiger partial charge in [-0.15, -0.1) is 0 Å². The summed E-state index contributed by atoms with van der Waals surface area (Å²) in [7, 11) is 1.94. The van der Waals surface area contributed by atoms with E-state index in [1.807, 2.05) is 24.0 Å². The average molecular weight is 256 g/mol. The van der Waals surface area contributed by atoms with Gasteiger partial charge in [0.2, 0.25) is 0 Å². The highest BCUT2D eigenvalue weighted by Crippen LogP contribution is 2.33. The molecule has 2 aromatic rings. The number of rotatable bonds is 3. The van der Waals surface area contributed by atoms with E-state index in [9.17, 15) is 0 Å². The lowest BCUT2D eigenvalue weighted by Gasteiger charge is -2.30. The lowest BCUT2D eigenvalue weighted by molar-refractivity contribution is 0.322. The summed E-state index contributed by atoms with van der Waals surface area (Å²) in [6.45, 7) is 0. The fourth-order valence-electron chi connectivity index (χ4n) is 3.07. The Hall–Kier alpha value is -1.65. The van der Waals surface area contributed by atoms with Crippen LogP contribution in [-0.4, -0.2) is 9.78 Å². The zero-order valence-corrected chi connectivity index (χ0v) is 11.2. The molecule has 0 aliphatic heterocycles. The highest BCUT2D eigenvalue weighted by molar-refractivity contribution is 5.30. The van der Waals surface area contributed by atoms with Crippen LogP contribution in [0.4, 0.5) is 0 Å². The maximum Gasteiger partial charge on any atom is 0.0810 e. The highest BCUT2D eigenvalue weighted by atomic mass is 15.3. The van der Waals surface area contributed by atoms with Gasteiger partial charge in [-0.3, -0.25) is 16.0 Å². The summed E-state index contributed by atoms with van der Waals surface area (Å²) in [5, 5.41) is 4.49. The lowest BCUT2D eigenvalue weighted by atomic mass is 9.79. The van der Waals surface area contributed by atoms with Gasteiger partial charge in [-0.2, -0.15) is 5.10 Å². The molecule has 19 heavy (non-hydrogen) atoms. The van der Waals surface area contributed by atoms with Crippen LogP contribution in [-0.2, 0) is 19.9 Å². The third-order valence-corrected chi connectivity index (χ3v) is 4.09. The number of aryl methyl sites for hydroxylation is 2. The summed E-state index contributed by atoms with van der Waals surface area (Å²) in [4.78, 5) is 0. The third-order valence-electron chi connectivity index (χ3n) is 4.09. The second-order valence-corrected chi connectivity index (χ2v) is 5.33. The Bertz CT molecular complexity index is 561. The molecule has 2 atom stereocenters. The molecule has 4 heteroatoms. The Morgan fingerprint density at radius 2 is 2.11 bits per heavy atom. The molecule has 0 spiro atoms. The smallest absolute Gasteiger partial charge is 0.0810 e. The molecule has 4 nitrogen and oxygen atoms in total. The minimum atomic E-state index is 0.134. The number of nitrogens with zero attached hydrogens (tertiary/aromatic N) is 2. The topological polar surface area (TPSA) is 55.9 Å². The fraction of sp³-hybridized carbons (Fsp3) is 0.400. The summed E-state index contributed by atoms with van der Waals surface area (Å²) in [5.74, 6) is 6.27. The van der Waals surface area contributed by atoms with Crippen molar-refractivity contribution in [2.45, 2.75) is 25.3 Å². The number of aromatic nitrogens is 2. The molecule has 0 saturated heterocycles. The van der Waals surface area contributed by atoms with Gasteiger partial charge < -0.3 is 0 Å². The van der Waals surface area contributed by atoms with Gasteiger partial charge in [0.15, 0.2) is 0 Å². The molecule has 2 unspecified atom stereocenters. The number of nitrogens with one attached hydrogen (secondary N) is 1. The number of nitrogens with two attached hydrogens (primary N) is 1. The zero-order valence-electron chi connectivity index (χ0n) is 11.2. The molecule has 1 aromatic heterocycles. The van der Waals surface area contributed by atoms with Crippen molar-refractivity contribution >= 4 is 0 Å². The van der Waals surface area contributed by atoms with Gasteiger partial charge in [0.1, 0.15) is 0 Å². The van der Waals surface area contributed by atoms with E-state index in [1.54, 1.807) is 0 Å². The third kappa shape index (κ3) is 2.41. The molecular weight excluding hydrogens is 236 g/mol. The van der Waals surface area contributed by atoms with E-state index in [-0.39, 0.29) is 6.04 Å². The number of benzene rings is 1. The number of hydrazine groups is 1. The molecule has 0 fully saturated rings. The van der Waals surface area contributed by atoms with Crippen LogP contribution in [0.2, 0.25) is 0 Å². The maximum atomic E-state index is 5.77. The molecular formula is C15H20N4. The summed E-state index contributed by atoms with van der Waals surface area (Å²) >= 11 is 0. The maximum absolute atomic E-state index is 5.77. The Morgan fingerprint density at radius 3 is 2.79 bits per heavy atom. The molecule has 100 valence electrons. The van der Waals surface area contributed by atoms with Crippen LogP contribution in [0.3, 0.4) is 0 Å². The number of fused-ring (bicyclic) bond motifs is 1. The quantitative estimate of drug-likeness (QED) is 0.649. The molecule has 0 saturated carbocycles. The summed E-state index contributed by atoms with van der Waals surface area (Å²) < 4.78 is 1.83. The Morgan fingerprint density at radius 1 is 1.32 bits per heavy atom. The fourth-order valence-corrected chi connectivity index (χ4v) is 3.07. The monoisotopic (exact) mass is 256 g/mol. The molecule has 0 amide bonds. The highest BCUT2D eigenvalue weighted by Gasteiger charge is 2.27. The first kappa shape index (κ1) is 12.4. The van der Waals surface area contributed by atoms with E-state index in [4.69, 9.17) is 5.84 Å². The summed E-state index contributed by atoms with van der Waals surface area (Å²) in [6.07, 6.45) is 5.33. The Kier molecular flexibility index (Phi) is 3.36. The first-order chi connectivity index (χ1) is 9.28. The van der Waals surface area contributed by atoms with Gasteiger partial charge in [-0.25, -0.2) is 0 Å². The van der Waals surface area contributed by atoms with Crippen molar-refractivity contribution in [2.75, 3.05) is 0 Å². The van der Waals surface area contributed by atoms with Gasteiger partial charge in [0.05, 0.1) is 11.7 Å². The van der Waals surface area contributed by atoms with E-state index >= 15 is 0 Å². The van der Waals surface area contributed by atoms with Gasteiger partial charge in [0, 0.05) is 13.2 Å². The molecule has 1 aromatic carbocycles. The second kappa shape index (κ2) is 5.15. The van der Waals surface area contributed by atoms with E-state index in [0.717, 1.165) is 25.0 Å². The normalized spacial score (nSPS) is 20.0. The van der Waals surface area contributed by atoms with Gasteiger partial charge >= 0.3 is 0 Å². The van der Waals surface area contributed by atoms with Gasteiger partial charge in [-0.1, -0.05) is 24.3 Å². The molecule has 0 bridgehead atoms. The van der Waals surface area contributed by atoms with Crippen molar-refractivity contribution in [2.24, 2.45) is 18.8 Å². The average Bonchev–Trinajstić information content (AvgIpc) is 2.86. The van der Waals surface area contributed by atoms with Crippen molar-refractivity contribution in [1.82, 2.24) is 15.2 Å². The van der Waals surface area contributed by atoms with Crippen LogP contribution in [0.25, 0.3) is 0 Å². The van der Waals surface area contributed by atoms with Gasteiger partial charge in [0.25, 0.3) is 0 Å². The lowest BCUT2D eigenvalue weighted by Crippen LogP contribution is -2.36. The number of hydrogen-bond donors (Lipinski definition) is 2. The van der Waals surface area contributed by atoms with Crippen LogP contribution in [0.5, 0.6) is 0 Å². The van der Waals surface area contributed by atoms with Crippen LogP contribution in [0.15, 0.2) is 36.5 Å². The standard InChI is InChI=1S/C15H20N4/c1-19-9-8-14(18-19)15(17-16)13-7-6-11-4-2-3-5-12(11)10-13/h2-5,8-9,13,15,17H,6-7,10,16H2,1H3. The van der Waals surface area contributed by atoms with Crippen molar-refractivity contribution in [3.63, 3.8) is 0 Å². The molecule has 3 rings (SSSR count). The zero-order chi connectivity index (χ0) is 13.2. The van der Waals surface area contributed by atoms with Crippen molar-refractivity contribution in [1.29, 1.82) is 0 Å². The van der Waals surface area contributed by atoms with Crippen molar-refractivity contribution in [3.05, 3.63) is 53.3 Å². The Labute approximate surface area is 113 Å². The second-order valence-electron chi connectivity index (χ2n) is 5.33. The van der Waals surface area contributed by atoms with Crippen molar-refractivity contribution < 1.29 is 0 Å². The molecule has 1 aliphatic rings. The summed E-state index contributed by atoms with van der Waals surface area (Å²) in [6, 6.07) is 10.9. The largest absolute Gasteiger partial charge is 0.275 e. The van der Waals surface area contributed by atoms with Crippen LogP contribution < -0.4 is 11.3 Å².